The fourth-order valence-corrected chi connectivity index (χ4v) is 1.36. The summed E-state index contributed by atoms with van der Waals surface area (Å²) in [6.45, 7) is 6.77. The third-order valence-electron chi connectivity index (χ3n) is 2.09. The van der Waals surface area contributed by atoms with Crippen LogP contribution in [0.15, 0.2) is 24.2 Å². The summed E-state index contributed by atoms with van der Waals surface area (Å²) in [6, 6.07) is 6.40. The SMILES string of the molecule is CC(C)CCCc1bcccc1. The summed E-state index contributed by atoms with van der Waals surface area (Å²) in [5, 5.41) is 0. The van der Waals surface area contributed by atoms with E-state index in [1.165, 1.54) is 24.7 Å². The Morgan fingerprint density at radius 3 is 2.75 bits per heavy atom. The van der Waals surface area contributed by atoms with E-state index in [4.69, 9.17) is 0 Å². The molecule has 0 aliphatic carbocycles. The van der Waals surface area contributed by atoms with Gasteiger partial charge < -0.3 is 0 Å². The zero-order valence-electron chi connectivity index (χ0n) is 8.09. The van der Waals surface area contributed by atoms with Gasteiger partial charge in [-0.05, 0) is 0 Å². The van der Waals surface area contributed by atoms with Gasteiger partial charge in [0.25, 0.3) is 0 Å². The van der Waals surface area contributed by atoms with Gasteiger partial charge in [0, 0.05) is 0 Å². The molecule has 0 unspecified atom stereocenters. The van der Waals surface area contributed by atoms with Crippen molar-refractivity contribution >= 4 is 6.91 Å². The minimum absolute atomic E-state index is 0.841. The molecule has 64 valence electrons. The van der Waals surface area contributed by atoms with E-state index in [2.05, 4.69) is 44.9 Å². The summed E-state index contributed by atoms with van der Waals surface area (Å²) < 4.78 is 0. The third kappa shape index (κ3) is 3.70. The quantitative estimate of drug-likeness (QED) is 0.635. The second-order valence-electron chi connectivity index (χ2n) is 3.77. The van der Waals surface area contributed by atoms with Crippen molar-refractivity contribution in [3.8, 4) is 0 Å². The summed E-state index contributed by atoms with van der Waals surface area (Å²) in [4.78, 5) is 0. The Morgan fingerprint density at radius 2 is 2.17 bits per heavy atom. The van der Waals surface area contributed by atoms with Gasteiger partial charge >= 0.3 is 75.6 Å². The van der Waals surface area contributed by atoms with Crippen molar-refractivity contribution in [2.45, 2.75) is 33.1 Å². The second-order valence-corrected chi connectivity index (χ2v) is 3.77. The van der Waals surface area contributed by atoms with Crippen LogP contribution in [0.1, 0.15) is 32.1 Å². The van der Waals surface area contributed by atoms with Gasteiger partial charge in [0.2, 0.25) is 0 Å². The van der Waals surface area contributed by atoms with Crippen molar-refractivity contribution < 1.29 is 0 Å². The number of rotatable bonds is 4. The molecule has 0 nitrogen and oxygen atoms in total. The van der Waals surface area contributed by atoms with E-state index in [9.17, 15) is 0 Å². The molecule has 0 aliphatic rings. The van der Waals surface area contributed by atoms with Crippen molar-refractivity contribution in [1.82, 2.24) is 0 Å². The van der Waals surface area contributed by atoms with Crippen molar-refractivity contribution in [3.63, 3.8) is 0 Å². The van der Waals surface area contributed by atoms with Crippen LogP contribution in [0, 0.1) is 5.92 Å². The molecule has 12 heavy (non-hydrogen) atoms. The van der Waals surface area contributed by atoms with E-state index in [-0.39, 0.29) is 0 Å². The Hall–Kier alpha value is -0.585. The molecule has 0 aliphatic heterocycles. The van der Waals surface area contributed by atoms with E-state index >= 15 is 0 Å². The summed E-state index contributed by atoms with van der Waals surface area (Å²) >= 11 is 0. The summed E-state index contributed by atoms with van der Waals surface area (Å²) in [6.07, 6.45) is 3.90. The zero-order valence-corrected chi connectivity index (χ0v) is 8.09. The van der Waals surface area contributed by atoms with Gasteiger partial charge in [-0.25, -0.2) is 0 Å². The molecule has 0 aromatic carbocycles. The first-order chi connectivity index (χ1) is 5.79. The first-order valence-electron chi connectivity index (χ1n) is 4.83. The summed E-state index contributed by atoms with van der Waals surface area (Å²) in [5.74, 6) is 2.96. The molecule has 0 bridgehead atoms. The maximum atomic E-state index is 2.28. The van der Waals surface area contributed by atoms with E-state index < -0.39 is 0 Å². The Balaban J connectivity index is 2.25. The Bertz CT molecular complexity index is 204. The van der Waals surface area contributed by atoms with Crippen LogP contribution in [-0.2, 0) is 6.42 Å². The molecule has 0 saturated heterocycles. The molecule has 1 rings (SSSR count). The van der Waals surface area contributed by atoms with E-state index in [1.807, 2.05) is 0 Å². The van der Waals surface area contributed by atoms with Gasteiger partial charge in [0.15, 0.2) is 0 Å². The van der Waals surface area contributed by atoms with Crippen LogP contribution in [0.4, 0.5) is 0 Å². The van der Waals surface area contributed by atoms with Crippen LogP contribution in [0.2, 0.25) is 0 Å². The Kier molecular flexibility index (Phi) is 4.06. The summed E-state index contributed by atoms with van der Waals surface area (Å²) in [7, 11) is 0. The third-order valence-corrected chi connectivity index (χ3v) is 2.09. The van der Waals surface area contributed by atoms with Crippen LogP contribution < -0.4 is 0 Å². The Labute approximate surface area is 76.2 Å². The molecule has 1 aromatic heterocycles. The molecule has 1 heterocycles. The molecule has 0 atom stereocenters. The fraction of sp³-hybridized carbons (Fsp3) is 0.545. The van der Waals surface area contributed by atoms with Crippen LogP contribution in [-0.4, -0.2) is 6.91 Å². The molecule has 0 radical (unpaired) electrons. The molecule has 0 fully saturated rings. The van der Waals surface area contributed by atoms with Gasteiger partial charge in [-0.1, -0.05) is 0 Å². The van der Waals surface area contributed by atoms with E-state index in [0.29, 0.717) is 0 Å². The average molecular weight is 160 g/mol. The monoisotopic (exact) mass is 160 g/mol. The van der Waals surface area contributed by atoms with E-state index in [1.54, 1.807) is 0 Å². The predicted molar refractivity (Wildman–Crippen MR) is 55.6 cm³/mol. The van der Waals surface area contributed by atoms with Crippen molar-refractivity contribution in [2.24, 2.45) is 5.92 Å². The molecular formula is C11H17B. The van der Waals surface area contributed by atoms with Gasteiger partial charge in [-0.3, -0.25) is 0 Å². The molecule has 0 N–H and O–H groups in total. The van der Waals surface area contributed by atoms with Crippen molar-refractivity contribution in [2.75, 3.05) is 0 Å². The average Bonchev–Trinajstić information content (AvgIpc) is 2.05. The van der Waals surface area contributed by atoms with Gasteiger partial charge in [0.05, 0.1) is 0 Å². The van der Waals surface area contributed by atoms with Gasteiger partial charge in [-0.2, -0.15) is 0 Å². The minimum atomic E-state index is 0.841. The number of aryl methyl sites for hydroxylation is 1. The maximum absolute atomic E-state index is 2.28. The zero-order chi connectivity index (χ0) is 8.81. The first-order valence-corrected chi connectivity index (χ1v) is 4.83. The Morgan fingerprint density at radius 1 is 1.33 bits per heavy atom. The van der Waals surface area contributed by atoms with E-state index in [0.717, 1.165) is 5.92 Å². The van der Waals surface area contributed by atoms with Crippen molar-refractivity contribution in [3.05, 3.63) is 29.6 Å². The van der Waals surface area contributed by atoms with Crippen LogP contribution >= 0.6 is 0 Å². The first kappa shape index (κ1) is 9.50. The van der Waals surface area contributed by atoms with Gasteiger partial charge in [0.1, 0.15) is 0 Å². The van der Waals surface area contributed by atoms with Crippen LogP contribution in [0.5, 0.6) is 0 Å². The van der Waals surface area contributed by atoms with Crippen molar-refractivity contribution in [1.29, 1.82) is 0 Å². The van der Waals surface area contributed by atoms with Crippen LogP contribution in [0.3, 0.4) is 0 Å². The molecule has 0 saturated carbocycles. The molecule has 1 heteroatoms. The molecule has 0 spiro atoms. The van der Waals surface area contributed by atoms with Crippen LogP contribution in [0.25, 0.3) is 0 Å². The topological polar surface area (TPSA) is 0 Å². The molecule has 1 aromatic rings. The number of hydrogen-bond donors (Lipinski definition) is 0. The number of hydrogen-bond acceptors (Lipinski definition) is 0. The molecular weight excluding hydrogens is 143 g/mol. The normalized spacial score (nSPS) is 10.2. The summed E-state index contributed by atoms with van der Waals surface area (Å²) in [5.41, 5.74) is 1.47. The fourth-order valence-electron chi connectivity index (χ4n) is 1.36. The standard InChI is InChI=1S/C11H17B/c1-10(2)6-5-8-11-7-3-4-9-12-11/h3-4,7,9-10H,5-6,8H2,1-2H3. The van der Waals surface area contributed by atoms with Gasteiger partial charge in [-0.15, -0.1) is 0 Å². The predicted octanol–water partition coefficient (Wildman–Crippen LogP) is 3.00. The second kappa shape index (κ2) is 5.13. The molecule has 0 amide bonds.